The Kier molecular flexibility index (Phi) is 4.86. The highest BCUT2D eigenvalue weighted by Crippen LogP contribution is 2.25. The number of aromatic nitrogens is 2. The summed E-state index contributed by atoms with van der Waals surface area (Å²) in [6.45, 7) is 0. The SMILES string of the molecule is Clc1cc(Cl)cc(Nc2ccnc(Nc3cccc(Cl)c3)n2)c1. The minimum atomic E-state index is 0.449. The Hall–Kier alpha value is -2.01. The van der Waals surface area contributed by atoms with Gasteiger partial charge >= 0.3 is 0 Å². The van der Waals surface area contributed by atoms with Crippen LogP contribution in [0.2, 0.25) is 15.1 Å². The fourth-order valence-electron chi connectivity index (χ4n) is 1.96. The van der Waals surface area contributed by atoms with Crippen LogP contribution in [0.1, 0.15) is 0 Å². The summed E-state index contributed by atoms with van der Waals surface area (Å²) < 4.78 is 0. The first-order chi connectivity index (χ1) is 11.1. The van der Waals surface area contributed by atoms with Gasteiger partial charge in [0.15, 0.2) is 0 Å². The number of hydrogen-bond acceptors (Lipinski definition) is 4. The van der Waals surface area contributed by atoms with E-state index in [2.05, 4.69) is 20.6 Å². The first-order valence-corrected chi connectivity index (χ1v) is 7.81. The van der Waals surface area contributed by atoms with Crippen LogP contribution in [0.15, 0.2) is 54.7 Å². The maximum Gasteiger partial charge on any atom is 0.229 e. The van der Waals surface area contributed by atoms with Crippen LogP contribution in [0.3, 0.4) is 0 Å². The average molecular weight is 366 g/mol. The first-order valence-electron chi connectivity index (χ1n) is 6.67. The molecule has 1 heterocycles. The lowest BCUT2D eigenvalue weighted by molar-refractivity contribution is 1.17. The third-order valence-electron chi connectivity index (χ3n) is 2.87. The molecule has 0 amide bonds. The molecule has 0 aliphatic rings. The molecule has 0 atom stereocenters. The molecule has 3 rings (SSSR count). The van der Waals surface area contributed by atoms with Gasteiger partial charge in [-0.2, -0.15) is 4.98 Å². The molecular formula is C16H11Cl3N4. The Morgan fingerprint density at radius 2 is 1.48 bits per heavy atom. The number of benzene rings is 2. The molecule has 116 valence electrons. The first kappa shape index (κ1) is 15.9. The standard InChI is InChI=1S/C16H11Cl3N4/c17-10-2-1-3-13(7-10)22-16-20-5-4-15(23-16)21-14-8-11(18)6-12(19)9-14/h1-9H,(H2,20,21,22,23). The van der Waals surface area contributed by atoms with Gasteiger partial charge in [-0.25, -0.2) is 4.98 Å². The van der Waals surface area contributed by atoms with Crippen LogP contribution >= 0.6 is 34.8 Å². The molecule has 23 heavy (non-hydrogen) atoms. The molecule has 2 N–H and O–H groups in total. The summed E-state index contributed by atoms with van der Waals surface area (Å²) >= 11 is 17.9. The van der Waals surface area contributed by atoms with Crippen LogP contribution in [0.5, 0.6) is 0 Å². The summed E-state index contributed by atoms with van der Waals surface area (Å²) in [4.78, 5) is 8.57. The van der Waals surface area contributed by atoms with Gasteiger partial charge in [0.25, 0.3) is 0 Å². The summed E-state index contributed by atoms with van der Waals surface area (Å²) in [5.41, 5.74) is 1.55. The number of nitrogens with one attached hydrogen (secondary N) is 2. The second-order valence-corrected chi connectivity index (χ2v) is 5.99. The molecule has 0 aliphatic carbocycles. The maximum absolute atomic E-state index is 5.99. The van der Waals surface area contributed by atoms with Crippen molar-refractivity contribution < 1.29 is 0 Å². The molecule has 2 aromatic carbocycles. The molecule has 3 aromatic rings. The van der Waals surface area contributed by atoms with Crippen LogP contribution in [0.25, 0.3) is 0 Å². The van der Waals surface area contributed by atoms with Gasteiger partial charge in [0.2, 0.25) is 5.95 Å². The van der Waals surface area contributed by atoms with E-state index in [0.29, 0.717) is 26.8 Å². The minimum absolute atomic E-state index is 0.449. The van der Waals surface area contributed by atoms with E-state index in [1.165, 1.54) is 0 Å². The molecule has 0 saturated carbocycles. The van der Waals surface area contributed by atoms with Crippen molar-refractivity contribution >= 4 is 57.9 Å². The maximum atomic E-state index is 5.99. The van der Waals surface area contributed by atoms with E-state index in [1.807, 2.05) is 12.1 Å². The summed E-state index contributed by atoms with van der Waals surface area (Å²) in [6, 6.07) is 14.3. The fourth-order valence-corrected chi connectivity index (χ4v) is 2.67. The third-order valence-corrected chi connectivity index (χ3v) is 3.54. The molecule has 0 saturated heterocycles. The Labute approximate surface area is 148 Å². The van der Waals surface area contributed by atoms with Crippen LogP contribution in [0, 0.1) is 0 Å². The van der Waals surface area contributed by atoms with Crippen molar-refractivity contribution in [2.24, 2.45) is 0 Å². The van der Waals surface area contributed by atoms with Crippen molar-refractivity contribution in [2.75, 3.05) is 10.6 Å². The number of rotatable bonds is 4. The van der Waals surface area contributed by atoms with Crippen molar-refractivity contribution in [2.45, 2.75) is 0 Å². The molecule has 0 bridgehead atoms. The molecule has 1 aromatic heterocycles. The monoisotopic (exact) mass is 364 g/mol. The van der Waals surface area contributed by atoms with Gasteiger partial charge in [-0.1, -0.05) is 40.9 Å². The van der Waals surface area contributed by atoms with E-state index < -0.39 is 0 Å². The predicted molar refractivity (Wildman–Crippen MR) is 96.5 cm³/mol. The van der Waals surface area contributed by atoms with Gasteiger partial charge in [-0.15, -0.1) is 0 Å². The van der Waals surface area contributed by atoms with Gasteiger partial charge in [-0.3, -0.25) is 0 Å². The Morgan fingerprint density at radius 3 is 2.22 bits per heavy atom. The lowest BCUT2D eigenvalue weighted by Gasteiger charge is -2.09. The van der Waals surface area contributed by atoms with Crippen LogP contribution in [0.4, 0.5) is 23.1 Å². The molecular weight excluding hydrogens is 355 g/mol. The Balaban J connectivity index is 1.79. The van der Waals surface area contributed by atoms with Crippen molar-refractivity contribution in [1.82, 2.24) is 9.97 Å². The number of halogens is 3. The van der Waals surface area contributed by atoms with Gasteiger partial charge in [-0.05, 0) is 42.5 Å². The molecule has 0 radical (unpaired) electrons. The molecule has 7 heteroatoms. The number of anilines is 4. The fraction of sp³-hybridized carbons (Fsp3) is 0. The third kappa shape index (κ3) is 4.48. The molecule has 0 unspecified atom stereocenters. The van der Waals surface area contributed by atoms with Crippen molar-refractivity contribution in [3.8, 4) is 0 Å². The highest BCUT2D eigenvalue weighted by molar-refractivity contribution is 6.35. The summed E-state index contributed by atoms with van der Waals surface area (Å²) in [6.07, 6.45) is 1.65. The zero-order valence-corrected chi connectivity index (χ0v) is 14.0. The van der Waals surface area contributed by atoms with Gasteiger partial charge in [0.05, 0.1) is 0 Å². The number of nitrogens with zero attached hydrogens (tertiary/aromatic N) is 2. The van der Waals surface area contributed by atoms with Crippen LogP contribution < -0.4 is 10.6 Å². The van der Waals surface area contributed by atoms with E-state index in [1.54, 1.807) is 42.6 Å². The largest absolute Gasteiger partial charge is 0.340 e. The lowest BCUT2D eigenvalue weighted by Crippen LogP contribution is -2.00. The van der Waals surface area contributed by atoms with E-state index in [0.717, 1.165) is 11.4 Å². The zero-order valence-electron chi connectivity index (χ0n) is 11.7. The normalized spacial score (nSPS) is 10.4. The second-order valence-electron chi connectivity index (χ2n) is 4.68. The molecule has 0 spiro atoms. The second kappa shape index (κ2) is 7.04. The van der Waals surface area contributed by atoms with Crippen molar-refractivity contribution in [1.29, 1.82) is 0 Å². The van der Waals surface area contributed by atoms with Gasteiger partial charge < -0.3 is 10.6 Å². The van der Waals surface area contributed by atoms with Crippen LogP contribution in [-0.4, -0.2) is 9.97 Å². The van der Waals surface area contributed by atoms with E-state index >= 15 is 0 Å². The van der Waals surface area contributed by atoms with E-state index in [9.17, 15) is 0 Å². The van der Waals surface area contributed by atoms with Crippen molar-refractivity contribution in [3.05, 3.63) is 69.8 Å². The summed E-state index contributed by atoms with van der Waals surface area (Å²) in [7, 11) is 0. The summed E-state index contributed by atoms with van der Waals surface area (Å²) in [5.74, 6) is 1.06. The Morgan fingerprint density at radius 1 is 0.739 bits per heavy atom. The lowest BCUT2D eigenvalue weighted by atomic mass is 10.3. The summed E-state index contributed by atoms with van der Waals surface area (Å²) in [5, 5.41) is 7.96. The van der Waals surface area contributed by atoms with Gasteiger partial charge in [0, 0.05) is 32.6 Å². The van der Waals surface area contributed by atoms with Gasteiger partial charge in [0.1, 0.15) is 5.82 Å². The predicted octanol–water partition coefficient (Wildman–Crippen LogP) is 5.92. The topological polar surface area (TPSA) is 49.8 Å². The quantitative estimate of drug-likeness (QED) is 0.602. The highest BCUT2D eigenvalue weighted by Gasteiger charge is 2.03. The number of hydrogen-bond donors (Lipinski definition) is 2. The van der Waals surface area contributed by atoms with E-state index in [-0.39, 0.29) is 0 Å². The molecule has 0 aliphatic heterocycles. The minimum Gasteiger partial charge on any atom is -0.340 e. The Bertz CT molecular complexity index is 819. The van der Waals surface area contributed by atoms with E-state index in [4.69, 9.17) is 34.8 Å². The smallest absolute Gasteiger partial charge is 0.229 e. The molecule has 0 fully saturated rings. The van der Waals surface area contributed by atoms with Crippen LogP contribution in [-0.2, 0) is 0 Å². The van der Waals surface area contributed by atoms with Crippen molar-refractivity contribution in [3.63, 3.8) is 0 Å². The zero-order chi connectivity index (χ0) is 16.2. The molecule has 4 nitrogen and oxygen atoms in total. The average Bonchev–Trinajstić information content (AvgIpc) is 2.46. The highest BCUT2D eigenvalue weighted by atomic mass is 35.5.